The number of alkyl halides is 3. The smallest absolute Gasteiger partial charge is 0.433 e. The van der Waals surface area contributed by atoms with Crippen LogP contribution in [0.5, 0.6) is 0 Å². The zero-order chi connectivity index (χ0) is 13.8. The standard InChI is InChI=1S/C10H12F3N3O2/c1-6(5-8(17)18-2)15-9-14-4-3-7(16-9)10(11,12)13/h3-4,6H,5H2,1-2H3,(H,14,15,16). The van der Waals surface area contributed by atoms with Crippen LogP contribution in [-0.4, -0.2) is 29.1 Å². The highest BCUT2D eigenvalue weighted by Crippen LogP contribution is 2.27. The van der Waals surface area contributed by atoms with Crippen LogP contribution in [0.15, 0.2) is 12.3 Å². The molecule has 0 saturated carbocycles. The molecule has 0 bridgehead atoms. The summed E-state index contributed by atoms with van der Waals surface area (Å²) < 4.78 is 41.6. The van der Waals surface area contributed by atoms with E-state index in [2.05, 4.69) is 20.0 Å². The number of carbonyl (C=O) groups is 1. The molecule has 0 aliphatic heterocycles. The van der Waals surface area contributed by atoms with Crippen LogP contribution < -0.4 is 5.32 Å². The third-order valence-corrected chi connectivity index (χ3v) is 2.02. The number of hydrogen-bond acceptors (Lipinski definition) is 5. The fraction of sp³-hybridized carbons (Fsp3) is 0.500. The second kappa shape index (κ2) is 5.65. The van der Waals surface area contributed by atoms with Gasteiger partial charge in [-0.05, 0) is 13.0 Å². The molecule has 0 aromatic carbocycles. The lowest BCUT2D eigenvalue weighted by Gasteiger charge is -2.13. The number of nitrogens with zero attached hydrogens (tertiary/aromatic N) is 2. The van der Waals surface area contributed by atoms with Gasteiger partial charge in [-0.1, -0.05) is 0 Å². The number of carbonyl (C=O) groups excluding carboxylic acids is 1. The van der Waals surface area contributed by atoms with E-state index >= 15 is 0 Å². The number of halogens is 3. The second-order valence-corrected chi connectivity index (χ2v) is 3.59. The van der Waals surface area contributed by atoms with E-state index in [1.807, 2.05) is 0 Å². The molecule has 0 radical (unpaired) electrons. The first-order valence-electron chi connectivity index (χ1n) is 5.06. The number of ether oxygens (including phenoxy) is 1. The van der Waals surface area contributed by atoms with Gasteiger partial charge in [0.05, 0.1) is 13.5 Å². The van der Waals surface area contributed by atoms with Gasteiger partial charge in [0.2, 0.25) is 5.95 Å². The minimum atomic E-state index is -4.52. The summed E-state index contributed by atoms with van der Waals surface area (Å²) in [5.74, 6) is -0.650. The lowest BCUT2D eigenvalue weighted by atomic mass is 10.2. The van der Waals surface area contributed by atoms with Crippen molar-refractivity contribution in [2.45, 2.75) is 25.6 Å². The number of hydrogen-bond donors (Lipinski definition) is 1. The van der Waals surface area contributed by atoms with E-state index in [-0.39, 0.29) is 12.4 Å². The molecular formula is C10H12F3N3O2. The Morgan fingerprint density at radius 2 is 2.22 bits per heavy atom. The van der Waals surface area contributed by atoms with E-state index < -0.39 is 23.9 Å². The first kappa shape index (κ1) is 14.2. The van der Waals surface area contributed by atoms with Crippen molar-refractivity contribution in [3.05, 3.63) is 18.0 Å². The van der Waals surface area contributed by atoms with Gasteiger partial charge in [-0.2, -0.15) is 13.2 Å². The molecule has 100 valence electrons. The summed E-state index contributed by atoms with van der Waals surface area (Å²) in [6.45, 7) is 1.61. The summed E-state index contributed by atoms with van der Waals surface area (Å²) in [7, 11) is 1.23. The topological polar surface area (TPSA) is 64.1 Å². The van der Waals surface area contributed by atoms with Crippen LogP contribution in [0.3, 0.4) is 0 Å². The second-order valence-electron chi connectivity index (χ2n) is 3.59. The van der Waals surface area contributed by atoms with E-state index in [0.29, 0.717) is 0 Å². The minimum Gasteiger partial charge on any atom is -0.469 e. The largest absolute Gasteiger partial charge is 0.469 e. The molecule has 5 nitrogen and oxygen atoms in total. The van der Waals surface area contributed by atoms with Gasteiger partial charge in [0, 0.05) is 12.2 Å². The lowest BCUT2D eigenvalue weighted by Crippen LogP contribution is -2.22. The average Bonchev–Trinajstić information content (AvgIpc) is 2.27. The molecule has 18 heavy (non-hydrogen) atoms. The van der Waals surface area contributed by atoms with Crippen molar-refractivity contribution in [2.24, 2.45) is 0 Å². The van der Waals surface area contributed by atoms with Crippen molar-refractivity contribution in [3.8, 4) is 0 Å². The Kier molecular flexibility index (Phi) is 4.46. The number of anilines is 1. The molecule has 0 fully saturated rings. The molecular weight excluding hydrogens is 251 g/mol. The van der Waals surface area contributed by atoms with Gasteiger partial charge in [-0.15, -0.1) is 0 Å². The summed E-state index contributed by atoms with van der Waals surface area (Å²) in [4.78, 5) is 17.9. The van der Waals surface area contributed by atoms with E-state index in [0.717, 1.165) is 12.3 Å². The quantitative estimate of drug-likeness (QED) is 0.840. The fourth-order valence-electron chi connectivity index (χ4n) is 1.19. The average molecular weight is 263 g/mol. The molecule has 1 aromatic rings. The van der Waals surface area contributed by atoms with Gasteiger partial charge in [0.1, 0.15) is 5.69 Å². The van der Waals surface area contributed by atoms with Gasteiger partial charge in [-0.25, -0.2) is 9.97 Å². The highest BCUT2D eigenvalue weighted by atomic mass is 19.4. The number of nitrogens with one attached hydrogen (secondary N) is 1. The van der Waals surface area contributed by atoms with Crippen LogP contribution in [0.25, 0.3) is 0 Å². The van der Waals surface area contributed by atoms with Crippen molar-refractivity contribution < 1.29 is 22.7 Å². The molecule has 1 atom stereocenters. The Morgan fingerprint density at radius 3 is 2.78 bits per heavy atom. The van der Waals surface area contributed by atoms with Crippen molar-refractivity contribution in [1.82, 2.24) is 9.97 Å². The predicted octanol–water partition coefficient (Wildman–Crippen LogP) is 1.86. The van der Waals surface area contributed by atoms with Gasteiger partial charge in [0.15, 0.2) is 0 Å². The normalized spacial score (nSPS) is 12.9. The van der Waals surface area contributed by atoms with Gasteiger partial charge >= 0.3 is 12.1 Å². The van der Waals surface area contributed by atoms with Gasteiger partial charge < -0.3 is 10.1 Å². The van der Waals surface area contributed by atoms with Gasteiger partial charge in [0.25, 0.3) is 0 Å². The summed E-state index contributed by atoms with van der Waals surface area (Å²) >= 11 is 0. The summed E-state index contributed by atoms with van der Waals surface area (Å²) in [5.41, 5.74) is -1.04. The maximum Gasteiger partial charge on any atom is 0.433 e. The maximum absolute atomic E-state index is 12.4. The minimum absolute atomic E-state index is 0.0100. The van der Waals surface area contributed by atoms with Crippen LogP contribution in [0.1, 0.15) is 19.0 Å². The van der Waals surface area contributed by atoms with Gasteiger partial charge in [-0.3, -0.25) is 4.79 Å². The van der Waals surface area contributed by atoms with E-state index in [9.17, 15) is 18.0 Å². The van der Waals surface area contributed by atoms with Crippen LogP contribution in [0.2, 0.25) is 0 Å². The van der Waals surface area contributed by atoms with Crippen molar-refractivity contribution in [1.29, 1.82) is 0 Å². The fourth-order valence-corrected chi connectivity index (χ4v) is 1.19. The van der Waals surface area contributed by atoms with Crippen LogP contribution in [-0.2, 0) is 15.7 Å². The molecule has 1 N–H and O–H groups in total. The van der Waals surface area contributed by atoms with E-state index in [4.69, 9.17) is 0 Å². The summed E-state index contributed by atoms with van der Waals surface area (Å²) in [6, 6.07) is 0.344. The van der Waals surface area contributed by atoms with Crippen LogP contribution >= 0.6 is 0 Å². The third-order valence-electron chi connectivity index (χ3n) is 2.02. The third kappa shape index (κ3) is 4.19. The Hall–Kier alpha value is -1.86. The molecule has 1 rings (SSSR count). The number of rotatable bonds is 4. The van der Waals surface area contributed by atoms with Crippen LogP contribution in [0, 0.1) is 0 Å². The first-order valence-corrected chi connectivity index (χ1v) is 5.06. The highest BCUT2D eigenvalue weighted by molar-refractivity contribution is 5.70. The lowest BCUT2D eigenvalue weighted by molar-refractivity contribution is -0.142. The molecule has 8 heteroatoms. The zero-order valence-corrected chi connectivity index (χ0v) is 9.78. The molecule has 1 unspecified atom stereocenters. The molecule has 0 spiro atoms. The zero-order valence-electron chi connectivity index (χ0n) is 9.78. The Morgan fingerprint density at radius 1 is 1.56 bits per heavy atom. The van der Waals surface area contributed by atoms with E-state index in [1.165, 1.54) is 7.11 Å². The Balaban J connectivity index is 2.71. The van der Waals surface area contributed by atoms with Crippen molar-refractivity contribution in [3.63, 3.8) is 0 Å². The SMILES string of the molecule is COC(=O)CC(C)Nc1nccc(C(F)(F)F)n1. The predicted molar refractivity (Wildman–Crippen MR) is 56.8 cm³/mol. The number of esters is 1. The Labute approximate surface area is 101 Å². The number of methoxy groups -OCH3 is 1. The number of aromatic nitrogens is 2. The Bertz CT molecular complexity index is 423. The summed E-state index contributed by atoms with van der Waals surface area (Å²) in [5, 5.41) is 2.60. The summed E-state index contributed by atoms with van der Waals surface area (Å²) in [6.07, 6.45) is -3.51. The molecule has 0 amide bonds. The molecule has 1 heterocycles. The van der Waals surface area contributed by atoms with Crippen molar-refractivity contribution in [2.75, 3.05) is 12.4 Å². The van der Waals surface area contributed by atoms with Crippen LogP contribution in [0.4, 0.5) is 19.1 Å². The maximum atomic E-state index is 12.4. The molecule has 1 aromatic heterocycles. The molecule has 0 aliphatic carbocycles. The molecule has 0 aliphatic rings. The van der Waals surface area contributed by atoms with E-state index in [1.54, 1.807) is 6.92 Å². The first-order chi connectivity index (χ1) is 8.32. The molecule has 0 saturated heterocycles. The highest BCUT2D eigenvalue weighted by Gasteiger charge is 2.32. The monoisotopic (exact) mass is 263 g/mol. The van der Waals surface area contributed by atoms with Crippen molar-refractivity contribution >= 4 is 11.9 Å².